The molecule has 1 N–H and O–H groups in total. The zero-order chi connectivity index (χ0) is 21.8. The van der Waals surface area contributed by atoms with E-state index in [1.165, 1.54) is 44.9 Å². The number of unbranched alkanes of at least 4 members (excludes halogenated alkanes) is 10. The summed E-state index contributed by atoms with van der Waals surface area (Å²) >= 11 is 0. The molecule has 0 aromatic rings. The zero-order valence-electron chi connectivity index (χ0n) is 19.4. The van der Waals surface area contributed by atoms with Crippen LogP contribution in [0.4, 0.5) is 0 Å². The lowest BCUT2D eigenvalue weighted by Gasteiger charge is -2.28. The van der Waals surface area contributed by atoms with Crippen molar-refractivity contribution in [2.24, 2.45) is 0 Å². The van der Waals surface area contributed by atoms with Crippen LogP contribution in [0.25, 0.3) is 0 Å². The number of allylic oxidation sites excluding steroid dienone is 2. The lowest BCUT2D eigenvalue weighted by Crippen LogP contribution is -2.45. The van der Waals surface area contributed by atoms with Gasteiger partial charge in [-0.05, 0) is 52.9 Å². The van der Waals surface area contributed by atoms with E-state index < -0.39 is 18.0 Å². The fourth-order valence-electron chi connectivity index (χ4n) is 3.25. The Labute approximate surface area is 179 Å². The summed E-state index contributed by atoms with van der Waals surface area (Å²) < 4.78 is 15.7. The Morgan fingerprint density at radius 3 is 1.97 bits per heavy atom. The van der Waals surface area contributed by atoms with Crippen LogP contribution in [0, 0.1) is 0 Å². The summed E-state index contributed by atoms with van der Waals surface area (Å²) in [5.41, 5.74) is 0. The molecule has 0 bridgehead atoms. The highest BCUT2D eigenvalue weighted by molar-refractivity contribution is 5.77. The molecular weight excluding hydrogens is 368 g/mol. The van der Waals surface area contributed by atoms with Gasteiger partial charge in [-0.1, -0.05) is 64.0 Å². The molecule has 0 saturated carbocycles. The quantitative estimate of drug-likeness (QED) is 0.110. The number of carbonyl (C=O) groups is 1. The maximum absolute atomic E-state index is 12.1. The monoisotopic (exact) mass is 414 g/mol. The number of rotatable bonds is 20. The molecule has 0 aliphatic heterocycles. The molecule has 0 aromatic heterocycles. The molecule has 0 rings (SSSR count). The fraction of sp³-hybridized carbons (Fsp3) is 0.875. The first kappa shape index (κ1) is 28.1. The molecular formula is C24H46O5. The predicted octanol–water partition coefficient (Wildman–Crippen LogP) is 6.28. The van der Waals surface area contributed by atoms with Gasteiger partial charge in [0.2, 0.25) is 0 Å². The first-order valence-corrected chi connectivity index (χ1v) is 11.8. The van der Waals surface area contributed by atoms with E-state index in [4.69, 9.17) is 14.2 Å². The topological polar surface area (TPSA) is 65.0 Å². The summed E-state index contributed by atoms with van der Waals surface area (Å²) in [5, 5.41) is 10.6. The third-order valence-corrected chi connectivity index (χ3v) is 4.88. The summed E-state index contributed by atoms with van der Waals surface area (Å²) in [7, 11) is 0. The largest absolute Gasteiger partial charge is 0.462 e. The number of carbonyl (C=O) groups excluding carboxylic acids is 1. The highest BCUT2D eigenvalue weighted by Crippen LogP contribution is 2.22. The van der Waals surface area contributed by atoms with Crippen molar-refractivity contribution in [3.63, 3.8) is 0 Å². The minimum atomic E-state index is -1.93. The Kier molecular flexibility index (Phi) is 18.5. The van der Waals surface area contributed by atoms with E-state index in [0.29, 0.717) is 13.0 Å². The second-order valence-electron chi connectivity index (χ2n) is 7.63. The van der Waals surface area contributed by atoms with Crippen LogP contribution in [-0.4, -0.2) is 36.4 Å². The van der Waals surface area contributed by atoms with E-state index in [9.17, 15) is 9.90 Å². The number of ether oxygens (including phenoxy) is 3. The minimum absolute atomic E-state index is 0.207. The zero-order valence-corrected chi connectivity index (χ0v) is 19.4. The maximum atomic E-state index is 12.1. The SMILES string of the molecule is CCCCCCCC/C=C\CCCCCCC(O)(OC(C)OCC)C(=O)OCC. The number of esters is 1. The van der Waals surface area contributed by atoms with Gasteiger partial charge in [0.1, 0.15) is 0 Å². The Hall–Kier alpha value is -0.910. The lowest BCUT2D eigenvalue weighted by atomic mass is 10.0. The first-order chi connectivity index (χ1) is 14.0. The summed E-state index contributed by atoms with van der Waals surface area (Å²) in [6.45, 7) is 8.13. The highest BCUT2D eigenvalue weighted by atomic mass is 16.8. The van der Waals surface area contributed by atoms with Gasteiger partial charge < -0.3 is 19.3 Å². The smallest absolute Gasteiger partial charge is 0.366 e. The van der Waals surface area contributed by atoms with Gasteiger partial charge in [-0.3, -0.25) is 0 Å². The Bertz CT molecular complexity index is 410. The van der Waals surface area contributed by atoms with Gasteiger partial charge in [0.15, 0.2) is 6.29 Å². The van der Waals surface area contributed by atoms with E-state index in [-0.39, 0.29) is 13.0 Å². The van der Waals surface area contributed by atoms with Crippen molar-refractivity contribution >= 4 is 5.97 Å². The number of hydrogen-bond donors (Lipinski definition) is 1. The van der Waals surface area contributed by atoms with Crippen LogP contribution in [0.2, 0.25) is 0 Å². The van der Waals surface area contributed by atoms with E-state index in [2.05, 4.69) is 19.1 Å². The molecule has 0 spiro atoms. The molecule has 0 fully saturated rings. The van der Waals surface area contributed by atoms with Crippen LogP contribution in [0.1, 0.15) is 111 Å². The third kappa shape index (κ3) is 15.6. The standard InChI is InChI=1S/C24H46O5/c1-5-8-9-10-11-12-13-14-15-16-17-18-19-20-21-24(26,23(25)28-7-3)29-22(4)27-6-2/h14-15,22,26H,5-13,16-21H2,1-4H3/b15-14-. The summed E-state index contributed by atoms with van der Waals surface area (Å²) in [6.07, 6.45) is 18.3. The van der Waals surface area contributed by atoms with Gasteiger partial charge in [-0.15, -0.1) is 0 Å². The molecule has 0 saturated heterocycles. The van der Waals surface area contributed by atoms with Crippen molar-refractivity contribution in [2.45, 2.75) is 123 Å². The molecule has 2 unspecified atom stereocenters. The van der Waals surface area contributed by atoms with E-state index in [1.807, 2.05) is 6.92 Å². The van der Waals surface area contributed by atoms with Gasteiger partial charge in [0.05, 0.1) is 6.61 Å². The van der Waals surface area contributed by atoms with Crippen LogP contribution in [0.3, 0.4) is 0 Å². The molecule has 0 radical (unpaired) electrons. The van der Waals surface area contributed by atoms with E-state index in [0.717, 1.165) is 25.7 Å². The van der Waals surface area contributed by atoms with Crippen molar-refractivity contribution in [3.8, 4) is 0 Å². The average molecular weight is 415 g/mol. The minimum Gasteiger partial charge on any atom is -0.462 e. The fourth-order valence-corrected chi connectivity index (χ4v) is 3.25. The molecule has 5 nitrogen and oxygen atoms in total. The van der Waals surface area contributed by atoms with Crippen molar-refractivity contribution in [1.82, 2.24) is 0 Å². The van der Waals surface area contributed by atoms with Crippen molar-refractivity contribution in [3.05, 3.63) is 12.2 Å². The third-order valence-electron chi connectivity index (χ3n) is 4.88. The lowest BCUT2D eigenvalue weighted by molar-refractivity contribution is -0.286. The Morgan fingerprint density at radius 2 is 1.41 bits per heavy atom. The molecule has 0 aliphatic carbocycles. The van der Waals surface area contributed by atoms with Crippen molar-refractivity contribution in [2.75, 3.05) is 13.2 Å². The van der Waals surface area contributed by atoms with E-state index >= 15 is 0 Å². The molecule has 2 atom stereocenters. The van der Waals surface area contributed by atoms with Gasteiger partial charge in [0.25, 0.3) is 5.79 Å². The molecule has 0 aromatic carbocycles. The van der Waals surface area contributed by atoms with E-state index in [1.54, 1.807) is 13.8 Å². The van der Waals surface area contributed by atoms with Gasteiger partial charge in [-0.2, -0.15) is 0 Å². The Morgan fingerprint density at radius 1 is 0.862 bits per heavy atom. The van der Waals surface area contributed by atoms with Crippen LogP contribution in [0.5, 0.6) is 0 Å². The molecule has 29 heavy (non-hydrogen) atoms. The maximum Gasteiger partial charge on any atom is 0.366 e. The van der Waals surface area contributed by atoms with Gasteiger partial charge in [0, 0.05) is 13.0 Å². The predicted molar refractivity (Wildman–Crippen MR) is 119 cm³/mol. The van der Waals surface area contributed by atoms with Crippen LogP contribution < -0.4 is 0 Å². The Balaban J connectivity index is 3.91. The van der Waals surface area contributed by atoms with Crippen molar-refractivity contribution < 1.29 is 24.1 Å². The number of hydrogen-bond acceptors (Lipinski definition) is 5. The average Bonchev–Trinajstić information content (AvgIpc) is 2.68. The van der Waals surface area contributed by atoms with Crippen molar-refractivity contribution in [1.29, 1.82) is 0 Å². The van der Waals surface area contributed by atoms with Gasteiger partial charge >= 0.3 is 5.97 Å². The summed E-state index contributed by atoms with van der Waals surface area (Å²) in [5.74, 6) is -2.66. The normalized spacial score (nSPS) is 14.8. The number of aliphatic hydroxyl groups is 1. The molecule has 172 valence electrons. The molecule has 0 heterocycles. The van der Waals surface area contributed by atoms with Gasteiger partial charge in [-0.25, -0.2) is 4.79 Å². The summed E-state index contributed by atoms with van der Waals surface area (Å²) in [6, 6.07) is 0. The van der Waals surface area contributed by atoms with Crippen LogP contribution in [0.15, 0.2) is 12.2 Å². The summed E-state index contributed by atoms with van der Waals surface area (Å²) in [4.78, 5) is 12.1. The first-order valence-electron chi connectivity index (χ1n) is 11.8. The molecule has 0 aliphatic rings. The highest BCUT2D eigenvalue weighted by Gasteiger charge is 2.40. The second-order valence-corrected chi connectivity index (χ2v) is 7.63. The second kappa shape index (κ2) is 19.1. The molecule has 0 amide bonds. The molecule has 5 heteroatoms. The van der Waals surface area contributed by atoms with Crippen LogP contribution in [-0.2, 0) is 19.0 Å². The van der Waals surface area contributed by atoms with Crippen LogP contribution >= 0.6 is 0 Å².